The summed E-state index contributed by atoms with van der Waals surface area (Å²) >= 11 is 0. The highest BCUT2D eigenvalue weighted by atomic mass is 15.3. The van der Waals surface area contributed by atoms with Crippen molar-refractivity contribution in [3.63, 3.8) is 0 Å². The molecule has 86 valence electrons. The summed E-state index contributed by atoms with van der Waals surface area (Å²) in [6, 6.07) is 2.05. The minimum absolute atomic E-state index is 0.892. The maximum Gasteiger partial charge on any atom is 0.202 e. The molecule has 0 bridgehead atoms. The smallest absolute Gasteiger partial charge is 0.202 e. The lowest BCUT2D eigenvalue weighted by atomic mass is 10.3. The summed E-state index contributed by atoms with van der Waals surface area (Å²) in [4.78, 5) is 4.26. The van der Waals surface area contributed by atoms with E-state index in [0.29, 0.717) is 0 Å². The topological polar surface area (TPSA) is 47.7 Å². The normalized spacial score (nSPS) is 10.6. The molecule has 0 unspecified atom stereocenters. The van der Waals surface area contributed by atoms with Crippen LogP contribution in [-0.2, 0) is 20.0 Å². The van der Waals surface area contributed by atoms with Crippen LogP contribution in [-0.4, -0.2) is 25.9 Å². The van der Waals surface area contributed by atoms with E-state index in [1.54, 1.807) is 0 Å². The summed E-state index contributed by atoms with van der Waals surface area (Å²) in [5.41, 5.74) is 1.23. The summed E-state index contributed by atoms with van der Waals surface area (Å²) in [5, 5.41) is 7.38. The highest BCUT2D eigenvalue weighted by molar-refractivity contribution is 5.25. The molecule has 0 spiro atoms. The maximum atomic E-state index is 4.26. The number of hydrogen-bond acceptors (Lipinski definition) is 3. The van der Waals surface area contributed by atoms with Crippen molar-refractivity contribution in [2.24, 2.45) is 7.05 Å². The number of nitrogens with one attached hydrogen (secondary N) is 1. The number of anilines is 1. The molecule has 16 heavy (non-hydrogen) atoms. The Kier molecular flexibility index (Phi) is 3.24. The van der Waals surface area contributed by atoms with Gasteiger partial charge in [-0.2, -0.15) is 5.10 Å². The Morgan fingerprint density at radius 1 is 1.38 bits per heavy atom. The van der Waals surface area contributed by atoms with Gasteiger partial charge in [0.2, 0.25) is 5.95 Å². The number of rotatable bonds is 5. The Morgan fingerprint density at radius 2 is 2.25 bits per heavy atom. The van der Waals surface area contributed by atoms with E-state index in [1.807, 2.05) is 36.4 Å². The lowest BCUT2D eigenvalue weighted by Crippen LogP contribution is -2.09. The standard InChI is InChI=1S/C11H17N5/c1-3-12-11-13-7-9-16(11)8-5-10-4-6-14-15(10)2/h4,6-7,9H,3,5,8H2,1-2H3,(H,12,13). The first-order chi connectivity index (χ1) is 7.81. The second kappa shape index (κ2) is 4.83. The van der Waals surface area contributed by atoms with Crippen molar-refractivity contribution in [2.75, 3.05) is 11.9 Å². The molecule has 2 aromatic heterocycles. The zero-order chi connectivity index (χ0) is 11.4. The Morgan fingerprint density at radius 3 is 2.94 bits per heavy atom. The Hall–Kier alpha value is -1.78. The van der Waals surface area contributed by atoms with E-state index >= 15 is 0 Å². The van der Waals surface area contributed by atoms with E-state index in [1.165, 1.54) is 5.69 Å². The molecule has 0 radical (unpaired) electrons. The fraction of sp³-hybridized carbons (Fsp3) is 0.455. The summed E-state index contributed by atoms with van der Waals surface area (Å²) in [6.07, 6.45) is 6.61. The third kappa shape index (κ3) is 2.24. The molecule has 0 aliphatic rings. The van der Waals surface area contributed by atoms with Crippen LogP contribution in [0.4, 0.5) is 5.95 Å². The molecular formula is C11H17N5. The number of hydrogen-bond donors (Lipinski definition) is 1. The van der Waals surface area contributed by atoms with Crippen molar-refractivity contribution in [3.8, 4) is 0 Å². The number of imidazole rings is 1. The van der Waals surface area contributed by atoms with E-state index in [4.69, 9.17) is 0 Å². The van der Waals surface area contributed by atoms with Gasteiger partial charge >= 0.3 is 0 Å². The van der Waals surface area contributed by atoms with Crippen LogP contribution in [0.15, 0.2) is 24.7 Å². The predicted molar refractivity (Wildman–Crippen MR) is 63.3 cm³/mol. The van der Waals surface area contributed by atoms with Crippen molar-refractivity contribution in [2.45, 2.75) is 19.9 Å². The highest BCUT2D eigenvalue weighted by Gasteiger charge is 2.03. The van der Waals surface area contributed by atoms with Crippen molar-refractivity contribution in [1.29, 1.82) is 0 Å². The molecule has 0 saturated carbocycles. The molecule has 0 saturated heterocycles. The van der Waals surface area contributed by atoms with Crippen LogP contribution < -0.4 is 5.32 Å². The van der Waals surface area contributed by atoms with Gasteiger partial charge in [0, 0.05) is 50.8 Å². The first kappa shape index (κ1) is 10.7. The SMILES string of the molecule is CCNc1nccn1CCc1ccnn1C. The first-order valence-corrected chi connectivity index (χ1v) is 5.53. The van der Waals surface area contributed by atoms with Gasteiger partial charge in [0.1, 0.15) is 0 Å². The van der Waals surface area contributed by atoms with Gasteiger partial charge in [-0.1, -0.05) is 0 Å². The van der Waals surface area contributed by atoms with E-state index < -0.39 is 0 Å². The van der Waals surface area contributed by atoms with Gasteiger partial charge < -0.3 is 9.88 Å². The Labute approximate surface area is 95.1 Å². The molecule has 0 amide bonds. The zero-order valence-electron chi connectivity index (χ0n) is 9.72. The summed E-state index contributed by atoms with van der Waals surface area (Å²) in [6.45, 7) is 3.88. The van der Waals surface area contributed by atoms with Gasteiger partial charge in [0.05, 0.1) is 0 Å². The predicted octanol–water partition coefficient (Wildman–Crippen LogP) is 1.29. The van der Waals surface area contributed by atoms with Crippen molar-refractivity contribution in [1.82, 2.24) is 19.3 Å². The molecule has 1 N–H and O–H groups in total. The summed E-state index contributed by atoms with van der Waals surface area (Å²) in [7, 11) is 1.97. The van der Waals surface area contributed by atoms with Gasteiger partial charge in [-0.3, -0.25) is 4.68 Å². The third-order valence-electron chi connectivity index (χ3n) is 2.58. The summed E-state index contributed by atoms with van der Waals surface area (Å²) in [5.74, 6) is 0.935. The van der Waals surface area contributed by atoms with Crippen LogP contribution >= 0.6 is 0 Å². The highest BCUT2D eigenvalue weighted by Crippen LogP contribution is 2.06. The zero-order valence-corrected chi connectivity index (χ0v) is 9.72. The minimum Gasteiger partial charge on any atom is -0.356 e. The monoisotopic (exact) mass is 219 g/mol. The average Bonchev–Trinajstić information content (AvgIpc) is 2.86. The van der Waals surface area contributed by atoms with Crippen LogP contribution in [0.25, 0.3) is 0 Å². The number of nitrogens with zero attached hydrogens (tertiary/aromatic N) is 4. The average molecular weight is 219 g/mol. The second-order valence-corrected chi connectivity index (χ2v) is 3.67. The maximum absolute atomic E-state index is 4.26. The lowest BCUT2D eigenvalue weighted by molar-refractivity contribution is 0.639. The van der Waals surface area contributed by atoms with Gasteiger partial charge in [-0.05, 0) is 13.0 Å². The van der Waals surface area contributed by atoms with Crippen LogP contribution in [0.3, 0.4) is 0 Å². The van der Waals surface area contributed by atoms with Crippen molar-refractivity contribution >= 4 is 5.95 Å². The molecule has 0 fully saturated rings. The molecular weight excluding hydrogens is 202 g/mol. The van der Waals surface area contributed by atoms with Crippen LogP contribution in [0.5, 0.6) is 0 Å². The van der Waals surface area contributed by atoms with Crippen molar-refractivity contribution in [3.05, 3.63) is 30.4 Å². The number of aromatic nitrogens is 4. The van der Waals surface area contributed by atoms with E-state index in [2.05, 4.69) is 26.9 Å². The van der Waals surface area contributed by atoms with E-state index in [0.717, 1.165) is 25.5 Å². The summed E-state index contributed by atoms with van der Waals surface area (Å²) < 4.78 is 4.03. The molecule has 0 aromatic carbocycles. The fourth-order valence-corrected chi connectivity index (χ4v) is 1.70. The van der Waals surface area contributed by atoms with Crippen LogP contribution in [0, 0.1) is 0 Å². The van der Waals surface area contributed by atoms with Gasteiger partial charge in [-0.15, -0.1) is 0 Å². The lowest BCUT2D eigenvalue weighted by Gasteiger charge is -2.08. The van der Waals surface area contributed by atoms with Crippen LogP contribution in [0.2, 0.25) is 0 Å². The Bertz CT molecular complexity index is 443. The molecule has 2 heterocycles. The molecule has 0 aliphatic heterocycles. The third-order valence-corrected chi connectivity index (χ3v) is 2.58. The molecule has 2 rings (SSSR count). The quantitative estimate of drug-likeness (QED) is 0.824. The minimum atomic E-state index is 0.892. The number of aryl methyl sites for hydroxylation is 3. The molecule has 0 aliphatic carbocycles. The van der Waals surface area contributed by atoms with Gasteiger partial charge in [-0.25, -0.2) is 4.98 Å². The fourth-order valence-electron chi connectivity index (χ4n) is 1.70. The molecule has 0 atom stereocenters. The molecule has 2 aromatic rings. The first-order valence-electron chi connectivity index (χ1n) is 5.53. The second-order valence-electron chi connectivity index (χ2n) is 3.67. The van der Waals surface area contributed by atoms with Crippen molar-refractivity contribution < 1.29 is 0 Å². The van der Waals surface area contributed by atoms with E-state index in [9.17, 15) is 0 Å². The molecule has 5 heteroatoms. The van der Waals surface area contributed by atoms with Gasteiger partial charge in [0.15, 0.2) is 0 Å². The Balaban J connectivity index is 1.99. The largest absolute Gasteiger partial charge is 0.356 e. The molecule has 5 nitrogen and oxygen atoms in total. The van der Waals surface area contributed by atoms with Gasteiger partial charge in [0.25, 0.3) is 0 Å². The van der Waals surface area contributed by atoms with E-state index in [-0.39, 0.29) is 0 Å². The van der Waals surface area contributed by atoms with Crippen LogP contribution in [0.1, 0.15) is 12.6 Å².